The summed E-state index contributed by atoms with van der Waals surface area (Å²) >= 11 is 5.61. The summed E-state index contributed by atoms with van der Waals surface area (Å²) in [6.45, 7) is -0.925. The van der Waals surface area contributed by atoms with E-state index in [4.69, 9.17) is 11.6 Å². The average Bonchev–Trinajstić information content (AvgIpc) is 2.56. The molecule has 0 N–H and O–H groups in total. The van der Waals surface area contributed by atoms with E-state index in [1.807, 2.05) is 0 Å². The van der Waals surface area contributed by atoms with E-state index in [0.29, 0.717) is 24.4 Å². The number of oxime groups is 1. The molecular weight excluding hydrogens is 441 g/mol. The number of halogens is 10. The zero-order chi connectivity index (χ0) is 22.0. The number of alkyl halides is 9. The highest BCUT2D eigenvalue weighted by Gasteiger charge is 2.38. The first-order valence-corrected chi connectivity index (χ1v) is 7.87. The van der Waals surface area contributed by atoms with Crippen LogP contribution in [-0.4, -0.2) is 6.21 Å². The Bertz CT molecular complexity index is 901. The van der Waals surface area contributed by atoms with Gasteiger partial charge in [0.1, 0.15) is 6.61 Å². The maximum Gasteiger partial charge on any atom is 0.417 e. The minimum atomic E-state index is -5.11. The molecule has 2 aromatic carbocycles. The number of benzene rings is 2. The van der Waals surface area contributed by atoms with Crippen molar-refractivity contribution in [2.24, 2.45) is 5.16 Å². The molecule has 0 aliphatic heterocycles. The minimum absolute atomic E-state index is 0.0541. The van der Waals surface area contributed by atoms with Gasteiger partial charge in [-0.05, 0) is 30.3 Å². The second-order valence-corrected chi connectivity index (χ2v) is 6.04. The van der Waals surface area contributed by atoms with Gasteiger partial charge in [0.05, 0.1) is 22.9 Å². The van der Waals surface area contributed by atoms with Crippen LogP contribution in [0.3, 0.4) is 0 Å². The van der Waals surface area contributed by atoms with Crippen LogP contribution in [0.5, 0.6) is 0 Å². The molecule has 0 aromatic heterocycles. The van der Waals surface area contributed by atoms with Crippen molar-refractivity contribution in [2.45, 2.75) is 25.1 Å². The van der Waals surface area contributed by atoms with Crippen molar-refractivity contribution in [1.82, 2.24) is 0 Å². The minimum Gasteiger partial charge on any atom is -0.391 e. The zero-order valence-electron chi connectivity index (χ0n) is 13.9. The topological polar surface area (TPSA) is 21.6 Å². The van der Waals surface area contributed by atoms with Gasteiger partial charge in [0.25, 0.3) is 0 Å². The fourth-order valence-electron chi connectivity index (χ4n) is 2.24. The van der Waals surface area contributed by atoms with E-state index in [0.717, 1.165) is 12.1 Å². The lowest BCUT2D eigenvalue weighted by atomic mass is 10.0. The molecule has 158 valence electrons. The Morgan fingerprint density at radius 2 is 1.41 bits per heavy atom. The lowest BCUT2D eigenvalue weighted by Crippen LogP contribution is -2.13. The molecule has 0 fully saturated rings. The third-order valence-corrected chi connectivity index (χ3v) is 3.78. The molecule has 0 unspecified atom stereocenters. The Kier molecular flexibility index (Phi) is 6.41. The highest BCUT2D eigenvalue weighted by Crippen LogP contribution is 2.37. The van der Waals surface area contributed by atoms with E-state index >= 15 is 0 Å². The van der Waals surface area contributed by atoms with Crippen molar-refractivity contribution in [3.63, 3.8) is 0 Å². The molecule has 0 saturated carbocycles. The summed E-state index contributed by atoms with van der Waals surface area (Å²) in [5, 5.41) is 3.12. The van der Waals surface area contributed by atoms with Gasteiger partial charge in [-0.3, -0.25) is 0 Å². The molecule has 0 aliphatic rings. The molecule has 0 atom stereocenters. The quantitative estimate of drug-likeness (QED) is 0.281. The molecule has 0 aliphatic carbocycles. The summed E-state index contributed by atoms with van der Waals surface area (Å²) in [6.07, 6.45) is -14.3. The number of nitrogens with zero attached hydrogens (tertiary/aromatic N) is 1. The third-order valence-electron chi connectivity index (χ3n) is 3.55. The van der Waals surface area contributed by atoms with Gasteiger partial charge in [-0.25, -0.2) is 0 Å². The molecule has 0 heterocycles. The Morgan fingerprint density at radius 1 is 0.793 bits per heavy atom. The summed E-state index contributed by atoms with van der Waals surface area (Å²) in [5.74, 6) is 0. The second kappa shape index (κ2) is 8.13. The van der Waals surface area contributed by atoms with Crippen LogP contribution in [0.1, 0.15) is 27.8 Å². The molecular formula is C17H9ClF9NO. The second-order valence-electron chi connectivity index (χ2n) is 5.60. The van der Waals surface area contributed by atoms with E-state index in [-0.39, 0.29) is 11.1 Å². The molecule has 0 bridgehead atoms. The third kappa shape index (κ3) is 6.02. The van der Waals surface area contributed by atoms with Gasteiger partial charge >= 0.3 is 18.5 Å². The van der Waals surface area contributed by atoms with E-state index in [1.54, 1.807) is 0 Å². The highest BCUT2D eigenvalue weighted by molar-refractivity contribution is 6.30. The van der Waals surface area contributed by atoms with Crippen LogP contribution in [0.4, 0.5) is 39.5 Å². The lowest BCUT2D eigenvalue weighted by Gasteiger charge is -2.15. The van der Waals surface area contributed by atoms with Crippen molar-refractivity contribution in [1.29, 1.82) is 0 Å². The average molecular weight is 450 g/mol. The SMILES string of the molecule is FC(F)(F)c1ccc(CO/N=C/c2cc(Cl)ccc2C(F)(F)F)c(C(F)(F)F)c1. The van der Waals surface area contributed by atoms with Gasteiger partial charge in [0.2, 0.25) is 0 Å². The molecule has 29 heavy (non-hydrogen) atoms. The largest absolute Gasteiger partial charge is 0.417 e. The Morgan fingerprint density at radius 3 is 1.97 bits per heavy atom. The maximum atomic E-state index is 13.0. The highest BCUT2D eigenvalue weighted by atomic mass is 35.5. The summed E-state index contributed by atoms with van der Waals surface area (Å²) < 4.78 is 116. The summed E-state index contributed by atoms with van der Waals surface area (Å²) in [4.78, 5) is 4.57. The smallest absolute Gasteiger partial charge is 0.391 e. The summed E-state index contributed by atoms with van der Waals surface area (Å²) in [5.41, 5.74) is -5.40. The predicted octanol–water partition coefficient (Wildman–Crippen LogP) is 6.95. The van der Waals surface area contributed by atoms with E-state index < -0.39 is 53.0 Å². The van der Waals surface area contributed by atoms with Crippen molar-refractivity contribution >= 4 is 17.8 Å². The number of hydrogen-bond acceptors (Lipinski definition) is 2. The molecule has 0 spiro atoms. The maximum absolute atomic E-state index is 13.0. The first-order chi connectivity index (χ1) is 13.2. The van der Waals surface area contributed by atoms with Gasteiger partial charge in [-0.1, -0.05) is 22.8 Å². The summed E-state index contributed by atoms with van der Waals surface area (Å²) in [6, 6.07) is 3.48. The number of rotatable bonds is 4. The molecule has 2 nitrogen and oxygen atoms in total. The Labute approximate surface area is 162 Å². The van der Waals surface area contributed by atoms with Crippen molar-refractivity contribution in [2.75, 3.05) is 0 Å². The summed E-state index contributed by atoms with van der Waals surface area (Å²) in [7, 11) is 0. The van der Waals surface area contributed by atoms with E-state index in [2.05, 4.69) is 9.99 Å². The van der Waals surface area contributed by atoms with E-state index in [1.165, 1.54) is 0 Å². The first-order valence-electron chi connectivity index (χ1n) is 7.49. The Balaban J connectivity index is 2.24. The van der Waals surface area contributed by atoms with Crippen molar-refractivity contribution in [3.05, 3.63) is 69.2 Å². The van der Waals surface area contributed by atoms with Crippen molar-refractivity contribution < 1.29 is 44.4 Å². The van der Waals surface area contributed by atoms with Crippen molar-refractivity contribution in [3.8, 4) is 0 Å². The Hall–Kier alpha value is -2.43. The molecule has 2 rings (SSSR count). The van der Waals surface area contributed by atoms with Gasteiger partial charge in [-0.2, -0.15) is 39.5 Å². The normalized spacial score (nSPS) is 13.2. The van der Waals surface area contributed by atoms with Crippen LogP contribution in [0.15, 0.2) is 41.6 Å². The molecule has 12 heteroatoms. The van der Waals surface area contributed by atoms with Gasteiger partial charge in [0, 0.05) is 16.1 Å². The molecule has 0 radical (unpaired) electrons. The molecule has 0 amide bonds. The van der Waals surface area contributed by atoms with Gasteiger partial charge < -0.3 is 4.84 Å². The number of hydrogen-bond donors (Lipinski definition) is 0. The van der Waals surface area contributed by atoms with Crippen LogP contribution in [0.2, 0.25) is 5.02 Å². The van der Waals surface area contributed by atoms with Crippen LogP contribution in [0, 0.1) is 0 Å². The molecule has 0 saturated heterocycles. The first kappa shape index (κ1) is 22.9. The zero-order valence-corrected chi connectivity index (χ0v) is 14.6. The fourth-order valence-corrected chi connectivity index (χ4v) is 2.42. The van der Waals surface area contributed by atoms with Crippen LogP contribution in [0.25, 0.3) is 0 Å². The monoisotopic (exact) mass is 449 g/mol. The van der Waals surface area contributed by atoms with Crippen LogP contribution in [-0.2, 0) is 30.0 Å². The van der Waals surface area contributed by atoms with E-state index in [9.17, 15) is 39.5 Å². The van der Waals surface area contributed by atoms with Gasteiger partial charge in [-0.15, -0.1) is 0 Å². The predicted molar refractivity (Wildman–Crippen MR) is 85.3 cm³/mol. The van der Waals surface area contributed by atoms with Crippen LogP contribution >= 0.6 is 11.6 Å². The van der Waals surface area contributed by atoms with Crippen LogP contribution < -0.4 is 0 Å². The molecule has 2 aromatic rings. The van der Waals surface area contributed by atoms with Gasteiger partial charge in [0.15, 0.2) is 0 Å². The lowest BCUT2D eigenvalue weighted by molar-refractivity contribution is -0.144. The fraction of sp³-hybridized carbons (Fsp3) is 0.235. The standard InChI is InChI=1S/C17H9ClF9NO/c18-12-3-4-13(16(22,23)24)10(5-12)7-28-29-8-9-1-2-11(15(19,20)21)6-14(9)17(25,26)27/h1-7H,8H2/b28-7+.